The van der Waals surface area contributed by atoms with E-state index in [2.05, 4.69) is 254 Å². The van der Waals surface area contributed by atoms with Gasteiger partial charge in [0.2, 0.25) is 0 Å². The van der Waals surface area contributed by atoms with Crippen LogP contribution in [0.3, 0.4) is 0 Å². The Hall–Kier alpha value is -8.86. The first kappa shape index (κ1) is 39.5. The maximum Gasteiger partial charge on any atom is 0.144 e. The third-order valence-electron chi connectivity index (χ3n) is 13.6. The summed E-state index contributed by atoms with van der Waals surface area (Å²) in [7, 11) is 0. The van der Waals surface area contributed by atoms with Gasteiger partial charge in [0.25, 0.3) is 0 Å². The first-order valence-electron chi connectivity index (χ1n) is 23.2. The van der Waals surface area contributed by atoms with Gasteiger partial charge in [0.1, 0.15) is 22.3 Å². The van der Waals surface area contributed by atoms with E-state index in [-0.39, 0.29) is 0 Å². The zero-order chi connectivity index (χ0) is 45.3. The SMILES string of the molecule is Cc1ccccc1N(c1ccccc1)c1ccc2cc3c(cc2c1)oc1c(-c2ccccc2)c(-c2ccccc2)c2oc4cc5cc(N(c6ccccc6)c6ccccc6C)ccc5cc4c2c13. The van der Waals surface area contributed by atoms with E-state index >= 15 is 0 Å². The monoisotopic (exact) mass is 872 g/mol. The van der Waals surface area contributed by atoms with E-state index in [0.717, 1.165) is 122 Å². The van der Waals surface area contributed by atoms with Crippen LogP contribution < -0.4 is 9.80 Å². The lowest BCUT2D eigenvalue weighted by Crippen LogP contribution is -2.11. The van der Waals surface area contributed by atoms with E-state index in [0.29, 0.717) is 0 Å². The summed E-state index contributed by atoms with van der Waals surface area (Å²) in [5.74, 6) is 0. The third kappa shape index (κ3) is 6.45. The van der Waals surface area contributed by atoms with Crippen molar-refractivity contribution in [3.8, 4) is 22.3 Å². The fraction of sp³-hybridized carbons (Fsp3) is 0.0312. The summed E-state index contributed by atoms with van der Waals surface area (Å²) in [6, 6.07) is 82.2. The molecular formula is C64H44N2O2. The van der Waals surface area contributed by atoms with Gasteiger partial charge in [0.15, 0.2) is 0 Å². The maximum absolute atomic E-state index is 7.29. The van der Waals surface area contributed by atoms with Gasteiger partial charge in [-0.1, -0.05) is 146 Å². The molecule has 0 saturated carbocycles. The second-order valence-electron chi connectivity index (χ2n) is 17.8. The average Bonchev–Trinajstić information content (AvgIpc) is 3.94. The van der Waals surface area contributed by atoms with Gasteiger partial charge in [-0.2, -0.15) is 0 Å². The number of hydrogen-bond donors (Lipinski definition) is 0. The van der Waals surface area contributed by atoms with Gasteiger partial charge in [-0.3, -0.25) is 0 Å². The zero-order valence-electron chi connectivity index (χ0n) is 37.7. The molecule has 322 valence electrons. The van der Waals surface area contributed by atoms with Crippen molar-refractivity contribution in [1.82, 2.24) is 0 Å². The Bertz CT molecular complexity index is 3780. The van der Waals surface area contributed by atoms with Crippen LogP contribution in [-0.4, -0.2) is 0 Å². The molecule has 0 N–H and O–H groups in total. The fourth-order valence-corrected chi connectivity index (χ4v) is 10.4. The van der Waals surface area contributed by atoms with Crippen molar-refractivity contribution < 1.29 is 8.83 Å². The largest absolute Gasteiger partial charge is 0.455 e. The summed E-state index contributed by atoms with van der Waals surface area (Å²) >= 11 is 0. The molecule has 0 aliphatic rings. The number of aryl methyl sites for hydroxylation is 2. The molecule has 2 aromatic heterocycles. The molecule has 11 aromatic carbocycles. The first-order valence-corrected chi connectivity index (χ1v) is 23.2. The van der Waals surface area contributed by atoms with E-state index in [1.54, 1.807) is 0 Å². The molecule has 0 spiro atoms. The second-order valence-corrected chi connectivity index (χ2v) is 17.8. The molecule has 4 heteroatoms. The van der Waals surface area contributed by atoms with E-state index in [4.69, 9.17) is 8.83 Å². The molecule has 0 atom stereocenters. The summed E-state index contributed by atoms with van der Waals surface area (Å²) in [5, 5.41) is 8.66. The number of hydrogen-bond acceptors (Lipinski definition) is 4. The lowest BCUT2D eigenvalue weighted by atomic mass is 9.89. The predicted octanol–water partition coefficient (Wildman–Crippen LogP) is 18.7. The van der Waals surface area contributed by atoms with Crippen LogP contribution in [0.5, 0.6) is 0 Å². The van der Waals surface area contributed by atoms with Crippen LogP contribution in [0, 0.1) is 13.8 Å². The quantitative estimate of drug-likeness (QED) is 0.152. The Labute approximate surface area is 394 Å². The summed E-state index contributed by atoms with van der Waals surface area (Å²) < 4.78 is 14.6. The van der Waals surface area contributed by atoms with E-state index in [1.165, 1.54) is 11.1 Å². The van der Waals surface area contributed by atoms with Gasteiger partial charge in [-0.25, -0.2) is 0 Å². The highest BCUT2D eigenvalue weighted by atomic mass is 16.3. The number of para-hydroxylation sites is 4. The second kappa shape index (κ2) is 15.9. The number of fused-ring (bicyclic) bond motifs is 9. The molecule has 0 aliphatic carbocycles. The lowest BCUT2D eigenvalue weighted by Gasteiger charge is -2.27. The van der Waals surface area contributed by atoms with Crippen molar-refractivity contribution >= 4 is 99.5 Å². The topological polar surface area (TPSA) is 32.8 Å². The van der Waals surface area contributed by atoms with E-state index < -0.39 is 0 Å². The van der Waals surface area contributed by atoms with Crippen LogP contribution >= 0.6 is 0 Å². The molecule has 0 aliphatic heterocycles. The van der Waals surface area contributed by atoms with E-state index in [1.807, 2.05) is 0 Å². The van der Waals surface area contributed by atoms with Crippen molar-refractivity contribution in [1.29, 1.82) is 0 Å². The minimum atomic E-state index is 0.826. The first-order chi connectivity index (χ1) is 33.6. The molecule has 13 aromatic rings. The molecule has 68 heavy (non-hydrogen) atoms. The molecule has 0 radical (unpaired) electrons. The van der Waals surface area contributed by atoms with Crippen molar-refractivity contribution in [2.45, 2.75) is 13.8 Å². The molecule has 4 nitrogen and oxygen atoms in total. The zero-order valence-corrected chi connectivity index (χ0v) is 37.7. The summed E-state index contributed by atoms with van der Waals surface area (Å²) in [6.45, 7) is 4.34. The minimum Gasteiger partial charge on any atom is -0.455 e. The Morgan fingerprint density at radius 3 is 1.07 bits per heavy atom. The van der Waals surface area contributed by atoms with Gasteiger partial charge in [0.05, 0.1) is 0 Å². The summed E-state index contributed by atoms with van der Waals surface area (Å²) in [6.07, 6.45) is 0. The van der Waals surface area contributed by atoms with Gasteiger partial charge in [-0.15, -0.1) is 0 Å². The molecule has 0 bridgehead atoms. The van der Waals surface area contributed by atoms with Gasteiger partial charge in [0, 0.05) is 66.8 Å². The number of benzene rings is 11. The number of furan rings is 2. The highest BCUT2D eigenvalue weighted by Crippen LogP contribution is 2.52. The molecule has 0 fully saturated rings. The summed E-state index contributed by atoms with van der Waals surface area (Å²) in [4.78, 5) is 4.68. The van der Waals surface area contributed by atoms with Crippen molar-refractivity contribution in [2.24, 2.45) is 0 Å². The normalized spacial score (nSPS) is 11.7. The number of rotatable bonds is 8. The van der Waals surface area contributed by atoms with Crippen LogP contribution in [0.15, 0.2) is 239 Å². The van der Waals surface area contributed by atoms with Crippen molar-refractivity contribution in [2.75, 3.05) is 9.80 Å². The molecule has 0 amide bonds. The van der Waals surface area contributed by atoms with Crippen molar-refractivity contribution in [3.05, 3.63) is 242 Å². The maximum atomic E-state index is 7.29. The standard InChI is InChI=1S/C64H44N2O2/c1-41-19-15-17-29-55(41)65(49-25-11-5-12-26-49)51-33-31-45-37-53-57(39-47(45)35-51)67-63-59(43-21-7-3-8-22-43)60(44-23-9-4-10-24-44)64-62(61(53)63)54-38-46-32-34-52(36-48(46)40-58(54)68-64)66(50-27-13-6-14-28-50)56-30-18-16-20-42(56)2/h3-40H,1-2H3. The van der Waals surface area contributed by atoms with Crippen LogP contribution in [0.25, 0.3) is 87.7 Å². The average molecular weight is 873 g/mol. The van der Waals surface area contributed by atoms with Crippen LogP contribution in [0.4, 0.5) is 34.1 Å². The highest BCUT2D eigenvalue weighted by Gasteiger charge is 2.28. The lowest BCUT2D eigenvalue weighted by molar-refractivity contribution is 0.665. The Morgan fingerprint density at radius 2 is 0.676 bits per heavy atom. The van der Waals surface area contributed by atoms with Crippen LogP contribution in [-0.2, 0) is 0 Å². The number of nitrogens with zero attached hydrogens (tertiary/aromatic N) is 2. The van der Waals surface area contributed by atoms with E-state index in [9.17, 15) is 0 Å². The fourth-order valence-electron chi connectivity index (χ4n) is 10.4. The smallest absolute Gasteiger partial charge is 0.144 e. The Morgan fingerprint density at radius 1 is 0.309 bits per heavy atom. The Kier molecular flexibility index (Phi) is 9.26. The number of anilines is 6. The molecular weight excluding hydrogens is 829 g/mol. The third-order valence-corrected chi connectivity index (χ3v) is 13.6. The van der Waals surface area contributed by atoms with Crippen molar-refractivity contribution in [3.63, 3.8) is 0 Å². The van der Waals surface area contributed by atoms with Crippen LogP contribution in [0.2, 0.25) is 0 Å². The molecule has 13 rings (SSSR count). The van der Waals surface area contributed by atoms with Gasteiger partial charge < -0.3 is 18.6 Å². The predicted molar refractivity (Wildman–Crippen MR) is 286 cm³/mol. The van der Waals surface area contributed by atoms with Gasteiger partial charge in [-0.05, 0) is 143 Å². The highest BCUT2D eigenvalue weighted by molar-refractivity contribution is 6.33. The van der Waals surface area contributed by atoms with Gasteiger partial charge >= 0.3 is 0 Å². The van der Waals surface area contributed by atoms with Crippen LogP contribution in [0.1, 0.15) is 11.1 Å². The Balaban J connectivity index is 1.08. The minimum absolute atomic E-state index is 0.826. The molecule has 0 saturated heterocycles. The summed E-state index contributed by atoms with van der Waals surface area (Å²) in [5.41, 5.74) is 16.5. The molecule has 0 unspecified atom stereocenters. The molecule has 2 heterocycles.